The Morgan fingerprint density at radius 3 is 2.53 bits per heavy atom. The predicted octanol–water partition coefficient (Wildman–Crippen LogP) is 3.70. The van der Waals surface area contributed by atoms with Crippen LogP contribution < -0.4 is 5.32 Å². The second-order valence-electron chi connectivity index (χ2n) is 4.28. The topological polar surface area (TPSA) is 49.3 Å². The van der Waals surface area contributed by atoms with Gasteiger partial charge in [0.2, 0.25) is 0 Å². The first-order valence-corrected chi connectivity index (χ1v) is 5.92. The number of hydrogen-bond acceptors (Lipinski definition) is 2. The van der Waals surface area contributed by atoms with Crippen molar-refractivity contribution >= 4 is 11.7 Å². The molecule has 0 saturated heterocycles. The third kappa shape index (κ3) is 3.10. The Morgan fingerprint density at radius 2 is 1.89 bits per heavy atom. The second kappa shape index (κ2) is 5.52. The van der Waals surface area contributed by atoms with Crippen molar-refractivity contribution in [2.24, 2.45) is 0 Å². The molecule has 98 valence electrons. The smallest absolute Gasteiger partial charge is 0.338 e. The average molecular weight is 259 g/mol. The van der Waals surface area contributed by atoms with Crippen LogP contribution in [0, 0.1) is 5.82 Å². The van der Waals surface area contributed by atoms with E-state index in [-0.39, 0.29) is 11.6 Å². The normalized spacial score (nSPS) is 11.9. The highest BCUT2D eigenvalue weighted by atomic mass is 19.1. The van der Waals surface area contributed by atoms with Crippen molar-refractivity contribution in [1.82, 2.24) is 0 Å². The summed E-state index contributed by atoms with van der Waals surface area (Å²) in [5.41, 5.74) is 1.32. The Labute approximate surface area is 110 Å². The van der Waals surface area contributed by atoms with E-state index < -0.39 is 11.8 Å². The number of halogens is 1. The van der Waals surface area contributed by atoms with Crippen LogP contribution in [0.25, 0.3) is 0 Å². The van der Waals surface area contributed by atoms with E-state index >= 15 is 0 Å². The lowest BCUT2D eigenvalue weighted by atomic mass is 10.1. The molecule has 0 bridgehead atoms. The van der Waals surface area contributed by atoms with E-state index in [1.165, 1.54) is 12.1 Å². The minimum absolute atomic E-state index is 0.00769. The molecule has 0 aliphatic rings. The number of rotatable bonds is 4. The van der Waals surface area contributed by atoms with Gasteiger partial charge in [-0.05, 0) is 30.7 Å². The lowest BCUT2D eigenvalue weighted by Crippen LogP contribution is -2.08. The number of aromatic carboxylic acids is 1. The van der Waals surface area contributed by atoms with Gasteiger partial charge in [-0.3, -0.25) is 0 Å². The molecule has 0 radical (unpaired) electrons. The van der Waals surface area contributed by atoms with E-state index in [1.54, 1.807) is 0 Å². The van der Waals surface area contributed by atoms with E-state index in [1.807, 2.05) is 37.3 Å². The van der Waals surface area contributed by atoms with E-state index in [0.717, 1.165) is 11.6 Å². The molecule has 2 aromatic carbocycles. The minimum Gasteiger partial charge on any atom is -0.478 e. The van der Waals surface area contributed by atoms with Crippen LogP contribution >= 0.6 is 0 Å². The van der Waals surface area contributed by atoms with Crippen LogP contribution in [-0.4, -0.2) is 11.1 Å². The van der Waals surface area contributed by atoms with E-state index in [2.05, 4.69) is 5.32 Å². The van der Waals surface area contributed by atoms with Crippen LogP contribution in [0.3, 0.4) is 0 Å². The van der Waals surface area contributed by atoms with E-state index in [4.69, 9.17) is 5.11 Å². The summed E-state index contributed by atoms with van der Waals surface area (Å²) >= 11 is 0. The summed E-state index contributed by atoms with van der Waals surface area (Å²) in [4.78, 5) is 10.9. The number of hydrogen-bond donors (Lipinski definition) is 2. The maximum Gasteiger partial charge on any atom is 0.338 e. The van der Waals surface area contributed by atoms with Crippen LogP contribution in [-0.2, 0) is 0 Å². The van der Waals surface area contributed by atoms with Gasteiger partial charge in [0.1, 0.15) is 5.82 Å². The largest absolute Gasteiger partial charge is 0.478 e. The van der Waals surface area contributed by atoms with Gasteiger partial charge in [0.05, 0.1) is 5.56 Å². The van der Waals surface area contributed by atoms with Crippen molar-refractivity contribution in [1.29, 1.82) is 0 Å². The second-order valence-corrected chi connectivity index (χ2v) is 4.28. The molecule has 0 aromatic heterocycles. The van der Waals surface area contributed by atoms with Gasteiger partial charge in [0.25, 0.3) is 0 Å². The van der Waals surface area contributed by atoms with Crippen molar-refractivity contribution in [3.05, 3.63) is 65.5 Å². The maximum atomic E-state index is 13.3. The molecule has 0 fully saturated rings. The van der Waals surface area contributed by atoms with Crippen molar-refractivity contribution in [3.8, 4) is 0 Å². The van der Waals surface area contributed by atoms with Gasteiger partial charge in [-0.2, -0.15) is 0 Å². The maximum absolute atomic E-state index is 13.3. The molecule has 0 aliphatic carbocycles. The van der Waals surface area contributed by atoms with Gasteiger partial charge in [0.15, 0.2) is 0 Å². The molecule has 0 spiro atoms. The molecule has 0 aliphatic heterocycles. The summed E-state index contributed by atoms with van der Waals surface area (Å²) in [7, 11) is 0. The fourth-order valence-corrected chi connectivity index (χ4v) is 1.85. The SMILES string of the molecule is CC(Nc1ccc(F)c(C(=O)O)c1)c1ccccc1. The molecule has 4 heteroatoms. The highest BCUT2D eigenvalue weighted by Crippen LogP contribution is 2.21. The van der Waals surface area contributed by atoms with Crippen LogP contribution in [0.5, 0.6) is 0 Å². The third-order valence-corrected chi connectivity index (χ3v) is 2.88. The molecule has 0 heterocycles. The number of carbonyl (C=O) groups is 1. The molecule has 2 N–H and O–H groups in total. The number of anilines is 1. The first kappa shape index (κ1) is 13.1. The Morgan fingerprint density at radius 1 is 1.21 bits per heavy atom. The number of benzene rings is 2. The van der Waals surface area contributed by atoms with E-state index in [9.17, 15) is 9.18 Å². The van der Waals surface area contributed by atoms with Gasteiger partial charge >= 0.3 is 5.97 Å². The van der Waals surface area contributed by atoms with Crippen LogP contribution in [0.15, 0.2) is 48.5 Å². The number of nitrogens with one attached hydrogen (secondary N) is 1. The molecular formula is C15H14FNO2. The number of carboxylic acids is 1. The molecule has 3 nitrogen and oxygen atoms in total. The summed E-state index contributed by atoms with van der Waals surface area (Å²) in [6.07, 6.45) is 0. The monoisotopic (exact) mass is 259 g/mol. The third-order valence-electron chi connectivity index (χ3n) is 2.88. The van der Waals surface area contributed by atoms with Crippen molar-refractivity contribution in [3.63, 3.8) is 0 Å². The standard InChI is InChI=1S/C15H14FNO2/c1-10(11-5-3-2-4-6-11)17-12-7-8-14(16)13(9-12)15(18)19/h2-10,17H,1H3,(H,18,19). The first-order valence-electron chi connectivity index (χ1n) is 5.92. The Hall–Kier alpha value is -2.36. The Balaban J connectivity index is 2.20. The lowest BCUT2D eigenvalue weighted by Gasteiger charge is -2.16. The molecular weight excluding hydrogens is 245 g/mol. The highest BCUT2D eigenvalue weighted by Gasteiger charge is 2.12. The van der Waals surface area contributed by atoms with Crippen molar-refractivity contribution in [2.75, 3.05) is 5.32 Å². The molecule has 2 aromatic rings. The summed E-state index contributed by atoms with van der Waals surface area (Å²) in [6, 6.07) is 13.7. The minimum atomic E-state index is -1.27. The van der Waals surface area contributed by atoms with Crippen LogP contribution in [0.2, 0.25) is 0 Å². The lowest BCUT2D eigenvalue weighted by molar-refractivity contribution is 0.0692. The summed E-state index contributed by atoms with van der Waals surface area (Å²) in [6.45, 7) is 1.96. The molecule has 19 heavy (non-hydrogen) atoms. The number of carboxylic acid groups (broad SMARTS) is 1. The van der Waals surface area contributed by atoms with Crippen molar-refractivity contribution < 1.29 is 14.3 Å². The molecule has 0 saturated carbocycles. The van der Waals surface area contributed by atoms with Gasteiger partial charge in [0, 0.05) is 11.7 Å². The average Bonchev–Trinajstić information content (AvgIpc) is 2.41. The molecule has 2 rings (SSSR count). The van der Waals surface area contributed by atoms with E-state index in [0.29, 0.717) is 5.69 Å². The molecule has 1 atom stereocenters. The fraction of sp³-hybridized carbons (Fsp3) is 0.133. The van der Waals surface area contributed by atoms with Gasteiger partial charge in [-0.15, -0.1) is 0 Å². The fourth-order valence-electron chi connectivity index (χ4n) is 1.85. The highest BCUT2D eigenvalue weighted by molar-refractivity contribution is 5.89. The zero-order valence-electron chi connectivity index (χ0n) is 10.4. The van der Waals surface area contributed by atoms with Crippen LogP contribution in [0.4, 0.5) is 10.1 Å². The zero-order chi connectivity index (χ0) is 13.8. The molecule has 0 amide bonds. The van der Waals surface area contributed by atoms with Gasteiger partial charge < -0.3 is 10.4 Å². The first-order chi connectivity index (χ1) is 9.08. The summed E-state index contributed by atoms with van der Waals surface area (Å²) < 4.78 is 13.3. The predicted molar refractivity (Wildman–Crippen MR) is 71.8 cm³/mol. The summed E-state index contributed by atoms with van der Waals surface area (Å²) in [5, 5.41) is 12.0. The zero-order valence-corrected chi connectivity index (χ0v) is 10.4. The Bertz CT molecular complexity index is 584. The Kier molecular flexibility index (Phi) is 3.80. The molecule has 1 unspecified atom stereocenters. The van der Waals surface area contributed by atoms with Crippen molar-refractivity contribution in [2.45, 2.75) is 13.0 Å². The quantitative estimate of drug-likeness (QED) is 0.880. The van der Waals surface area contributed by atoms with Crippen LogP contribution in [0.1, 0.15) is 28.9 Å². The van der Waals surface area contributed by atoms with Gasteiger partial charge in [-0.25, -0.2) is 9.18 Å². The summed E-state index contributed by atoms with van der Waals surface area (Å²) in [5.74, 6) is -2.00. The van der Waals surface area contributed by atoms with Gasteiger partial charge in [-0.1, -0.05) is 30.3 Å².